The van der Waals surface area contributed by atoms with Gasteiger partial charge in [-0.15, -0.1) is 0 Å². The second-order valence-corrected chi connectivity index (χ2v) is 7.68. The van der Waals surface area contributed by atoms with Crippen molar-refractivity contribution < 1.29 is 13.9 Å². The first-order chi connectivity index (χ1) is 16.9. The molecule has 0 fully saturated rings. The van der Waals surface area contributed by atoms with E-state index in [-0.39, 0.29) is 33.7 Å². The van der Waals surface area contributed by atoms with Gasteiger partial charge in [0, 0.05) is 29.8 Å². The Morgan fingerprint density at radius 3 is 2.51 bits per heavy atom. The number of aromatic nitrogens is 5. The Kier molecular flexibility index (Phi) is 5.06. The fourth-order valence-corrected chi connectivity index (χ4v) is 4.14. The van der Waals surface area contributed by atoms with Gasteiger partial charge in [0.1, 0.15) is 5.75 Å². The Bertz CT molecular complexity index is 1810. The maximum absolute atomic E-state index is 14.2. The summed E-state index contributed by atoms with van der Waals surface area (Å²) < 4.78 is 27.3. The number of nitrogens with one attached hydrogen (secondary N) is 1. The number of halogens is 1. The second-order valence-electron chi connectivity index (χ2n) is 7.68. The molecule has 0 spiro atoms. The first-order valence-corrected chi connectivity index (χ1v) is 10.3. The van der Waals surface area contributed by atoms with E-state index in [0.717, 1.165) is 10.6 Å². The van der Waals surface area contributed by atoms with Gasteiger partial charge < -0.3 is 14.5 Å². The van der Waals surface area contributed by atoms with Crippen molar-refractivity contribution in [3.05, 3.63) is 75.1 Å². The van der Waals surface area contributed by atoms with Gasteiger partial charge in [0.25, 0.3) is 5.56 Å². The van der Waals surface area contributed by atoms with Gasteiger partial charge in [-0.2, -0.15) is 10.4 Å². The van der Waals surface area contributed by atoms with Crippen LogP contribution >= 0.6 is 0 Å². The van der Waals surface area contributed by atoms with E-state index >= 15 is 0 Å². The van der Waals surface area contributed by atoms with E-state index < -0.39 is 17.1 Å². The second kappa shape index (κ2) is 8.11. The molecular formula is C24H17FN6O4. The molecule has 0 aliphatic rings. The van der Waals surface area contributed by atoms with E-state index in [0.29, 0.717) is 22.0 Å². The summed E-state index contributed by atoms with van der Waals surface area (Å²) in [5.74, 6) is -0.515. The normalized spacial score (nSPS) is 11.1. The monoisotopic (exact) mass is 472 g/mol. The van der Waals surface area contributed by atoms with Crippen LogP contribution in [0.25, 0.3) is 38.6 Å². The van der Waals surface area contributed by atoms with Gasteiger partial charge in [-0.3, -0.25) is 14.5 Å². The molecule has 5 aromatic rings. The van der Waals surface area contributed by atoms with Gasteiger partial charge >= 0.3 is 5.69 Å². The Labute approximate surface area is 196 Å². The first kappa shape index (κ1) is 21.8. The number of methoxy groups -OCH3 is 2. The van der Waals surface area contributed by atoms with Crippen LogP contribution in [0.3, 0.4) is 0 Å². The highest BCUT2D eigenvalue weighted by atomic mass is 19.1. The van der Waals surface area contributed by atoms with E-state index in [2.05, 4.69) is 15.1 Å². The number of nitriles is 1. The van der Waals surface area contributed by atoms with Crippen LogP contribution in [0.2, 0.25) is 0 Å². The van der Waals surface area contributed by atoms with Crippen molar-refractivity contribution in [2.24, 2.45) is 7.05 Å². The number of hydrogen-bond acceptors (Lipinski definition) is 7. The number of fused-ring (bicyclic) bond motifs is 2. The number of benzene rings is 2. The first-order valence-electron chi connectivity index (χ1n) is 10.3. The maximum Gasteiger partial charge on any atom is 0.333 e. The predicted molar refractivity (Wildman–Crippen MR) is 125 cm³/mol. The Balaban J connectivity index is 1.82. The zero-order valence-electron chi connectivity index (χ0n) is 18.8. The lowest BCUT2D eigenvalue weighted by Gasteiger charge is -2.14. The van der Waals surface area contributed by atoms with Crippen LogP contribution < -0.4 is 20.7 Å². The molecule has 0 amide bonds. The van der Waals surface area contributed by atoms with E-state index in [1.807, 2.05) is 6.07 Å². The van der Waals surface area contributed by atoms with Crippen LogP contribution in [-0.2, 0) is 7.05 Å². The van der Waals surface area contributed by atoms with Crippen LogP contribution in [-0.4, -0.2) is 38.5 Å². The van der Waals surface area contributed by atoms with Gasteiger partial charge in [0.2, 0.25) is 0 Å². The lowest BCUT2D eigenvalue weighted by atomic mass is 9.97. The summed E-state index contributed by atoms with van der Waals surface area (Å²) in [6.45, 7) is 0. The Morgan fingerprint density at radius 1 is 1.03 bits per heavy atom. The zero-order valence-corrected chi connectivity index (χ0v) is 18.8. The molecule has 5 rings (SSSR count). The third-order valence-electron chi connectivity index (χ3n) is 5.78. The number of H-pyrrole nitrogens is 1. The molecule has 0 atom stereocenters. The van der Waals surface area contributed by atoms with Gasteiger partial charge in [0.15, 0.2) is 11.6 Å². The summed E-state index contributed by atoms with van der Waals surface area (Å²) in [5, 5.41) is 14.6. The molecule has 0 unspecified atom stereocenters. The molecule has 174 valence electrons. The fraction of sp³-hybridized carbons (Fsp3) is 0.125. The molecule has 0 radical (unpaired) electrons. The molecule has 0 aliphatic carbocycles. The highest BCUT2D eigenvalue weighted by Gasteiger charge is 2.20. The van der Waals surface area contributed by atoms with Crippen molar-refractivity contribution in [2.75, 3.05) is 14.2 Å². The largest absolute Gasteiger partial charge is 0.496 e. The molecule has 3 heterocycles. The van der Waals surface area contributed by atoms with Gasteiger partial charge in [-0.05, 0) is 24.3 Å². The minimum Gasteiger partial charge on any atom is -0.496 e. The van der Waals surface area contributed by atoms with Gasteiger partial charge in [0.05, 0.1) is 60.4 Å². The van der Waals surface area contributed by atoms with Crippen LogP contribution in [0.4, 0.5) is 4.39 Å². The summed E-state index contributed by atoms with van der Waals surface area (Å²) in [6.07, 6.45) is 4.60. The number of rotatable bonds is 4. The van der Waals surface area contributed by atoms with Crippen LogP contribution in [0.5, 0.6) is 11.5 Å². The van der Waals surface area contributed by atoms with E-state index in [9.17, 15) is 19.2 Å². The average Bonchev–Trinajstić information content (AvgIpc) is 3.24. The molecule has 0 bridgehead atoms. The number of pyridine rings is 1. The van der Waals surface area contributed by atoms with Crippen molar-refractivity contribution in [1.29, 1.82) is 5.26 Å². The number of nitrogens with zero attached hydrogens (tertiary/aromatic N) is 5. The zero-order chi connectivity index (χ0) is 24.9. The minimum atomic E-state index is -0.693. The van der Waals surface area contributed by atoms with Crippen LogP contribution in [0.15, 0.2) is 52.4 Å². The summed E-state index contributed by atoms with van der Waals surface area (Å²) in [5.41, 5.74) is 0.486. The van der Waals surface area contributed by atoms with E-state index in [1.54, 1.807) is 24.1 Å². The maximum atomic E-state index is 14.2. The molecule has 0 aliphatic heterocycles. The molecule has 0 saturated carbocycles. The summed E-state index contributed by atoms with van der Waals surface area (Å²) in [4.78, 5) is 33.5. The smallest absolute Gasteiger partial charge is 0.333 e. The molecule has 0 saturated heterocycles. The van der Waals surface area contributed by atoms with Crippen LogP contribution in [0.1, 0.15) is 5.56 Å². The number of aromatic amines is 1. The lowest BCUT2D eigenvalue weighted by molar-refractivity contribution is 0.386. The molecule has 2 aromatic carbocycles. The van der Waals surface area contributed by atoms with Crippen molar-refractivity contribution in [1.82, 2.24) is 24.3 Å². The Hall–Kier alpha value is -4.98. The average molecular weight is 472 g/mol. The molecule has 35 heavy (non-hydrogen) atoms. The number of aryl methyl sites for hydroxylation is 1. The topological polar surface area (TPSA) is 128 Å². The molecular weight excluding hydrogens is 455 g/mol. The highest BCUT2D eigenvalue weighted by molar-refractivity contribution is 5.90. The predicted octanol–water partition coefficient (Wildman–Crippen LogP) is 2.66. The van der Waals surface area contributed by atoms with E-state index in [4.69, 9.17) is 9.47 Å². The lowest BCUT2D eigenvalue weighted by Crippen LogP contribution is -2.34. The SMILES string of the molecule is COc1cc(-c2cc3[nH]c(=O)n(-c4cncc5cnn(C)c45)c(=O)c3cc2OC)c(C#N)cc1F. The quantitative estimate of drug-likeness (QED) is 0.426. The third kappa shape index (κ3) is 3.31. The summed E-state index contributed by atoms with van der Waals surface area (Å²) in [6, 6.07) is 7.35. The van der Waals surface area contributed by atoms with Crippen molar-refractivity contribution in [3.8, 4) is 34.4 Å². The summed E-state index contributed by atoms with van der Waals surface area (Å²) in [7, 11) is 4.41. The molecule has 11 heteroatoms. The molecule has 3 aromatic heterocycles. The number of ether oxygens (including phenoxy) is 2. The molecule has 1 N–H and O–H groups in total. The summed E-state index contributed by atoms with van der Waals surface area (Å²) >= 11 is 0. The number of hydrogen-bond donors (Lipinski definition) is 1. The fourth-order valence-electron chi connectivity index (χ4n) is 4.14. The minimum absolute atomic E-state index is 0.0330. The highest BCUT2D eigenvalue weighted by Crippen LogP contribution is 2.37. The van der Waals surface area contributed by atoms with Crippen molar-refractivity contribution in [3.63, 3.8) is 0 Å². The standard InChI is InChI=1S/C24H17FN6O4/c1-30-22-13(10-28-30)9-27-11-19(22)31-23(32)16-7-20(34-2)15(5-18(16)29-24(31)33)14-6-21(35-3)17(25)4-12(14)8-26/h4-7,9-11H,1-3H3,(H,29,33). The molecule has 10 nitrogen and oxygen atoms in total. The van der Waals surface area contributed by atoms with Gasteiger partial charge in [-0.25, -0.2) is 13.8 Å². The van der Waals surface area contributed by atoms with Gasteiger partial charge in [-0.1, -0.05) is 0 Å². The van der Waals surface area contributed by atoms with Crippen molar-refractivity contribution in [2.45, 2.75) is 0 Å². The Morgan fingerprint density at radius 2 is 1.80 bits per heavy atom. The third-order valence-corrected chi connectivity index (χ3v) is 5.78. The van der Waals surface area contributed by atoms with Crippen LogP contribution in [0, 0.1) is 17.1 Å². The van der Waals surface area contributed by atoms with Crippen molar-refractivity contribution >= 4 is 21.8 Å². The van der Waals surface area contributed by atoms with E-state index in [1.165, 1.54) is 38.6 Å².